The van der Waals surface area contributed by atoms with E-state index in [-0.39, 0.29) is 30.1 Å². The number of likely N-dealkylation sites (tertiary alicyclic amines) is 1. The van der Waals surface area contributed by atoms with Crippen LogP contribution in [0.5, 0.6) is 0 Å². The number of aromatic nitrogens is 2. The minimum atomic E-state index is -0.263. The highest BCUT2D eigenvalue weighted by Crippen LogP contribution is 2.32. The second-order valence-corrected chi connectivity index (χ2v) is 8.25. The van der Waals surface area contributed by atoms with Gasteiger partial charge in [0.15, 0.2) is 0 Å². The van der Waals surface area contributed by atoms with E-state index in [0.29, 0.717) is 19.6 Å². The molecule has 1 unspecified atom stereocenters. The summed E-state index contributed by atoms with van der Waals surface area (Å²) in [6, 6.07) is 14.0. The Labute approximate surface area is 169 Å². The lowest BCUT2D eigenvalue weighted by Gasteiger charge is -2.39. The van der Waals surface area contributed by atoms with E-state index in [1.54, 1.807) is 4.90 Å². The molecule has 2 saturated heterocycles. The number of rotatable bonds is 3. The van der Waals surface area contributed by atoms with E-state index in [4.69, 9.17) is 0 Å². The number of imidazole rings is 1. The van der Waals surface area contributed by atoms with Gasteiger partial charge in [0.05, 0.1) is 22.9 Å². The maximum atomic E-state index is 12.9. The van der Waals surface area contributed by atoms with Gasteiger partial charge in [-0.2, -0.15) is 0 Å². The van der Waals surface area contributed by atoms with Gasteiger partial charge in [0.25, 0.3) is 0 Å². The summed E-state index contributed by atoms with van der Waals surface area (Å²) in [5, 5.41) is 0. The summed E-state index contributed by atoms with van der Waals surface area (Å²) in [4.78, 5) is 37.1. The topological polar surface area (TPSA) is 69.3 Å². The second kappa shape index (κ2) is 6.72. The maximum Gasteiger partial charge on any atom is 0.228 e. The normalized spacial score (nSPS) is 19.8. The average molecular weight is 388 g/mol. The number of aromatic amines is 1. The predicted molar refractivity (Wildman–Crippen MR) is 112 cm³/mol. The van der Waals surface area contributed by atoms with Crippen LogP contribution in [0.4, 0.5) is 5.69 Å². The molecule has 148 valence electrons. The molecule has 5 rings (SSSR count). The lowest BCUT2D eigenvalue weighted by atomic mass is 9.96. The Morgan fingerprint density at radius 1 is 1.07 bits per heavy atom. The first-order valence-electron chi connectivity index (χ1n) is 10.1. The lowest BCUT2D eigenvalue weighted by molar-refractivity contribution is -0.140. The molecule has 6 heteroatoms. The smallest absolute Gasteiger partial charge is 0.228 e. The van der Waals surface area contributed by atoms with Crippen molar-refractivity contribution < 1.29 is 9.59 Å². The number of hydrogen-bond acceptors (Lipinski definition) is 3. The quantitative estimate of drug-likeness (QED) is 0.749. The van der Waals surface area contributed by atoms with Crippen molar-refractivity contribution in [3.63, 3.8) is 0 Å². The number of nitrogens with one attached hydrogen (secondary N) is 1. The van der Waals surface area contributed by atoms with Crippen molar-refractivity contribution in [3.8, 4) is 0 Å². The van der Waals surface area contributed by atoms with E-state index < -0.39 is 0 Å². The molecule has 0 radical (unpaired) electrons. The Morgan fingerprint density at radius 2 is 1.86 bits per heavy atom. The van der Waals surface area contributed by atoms with Gasteiger partial charge < -0.3 is 14.8 Å². The zero-order chi connectivity index (χ0) is 20.1. The molecule has 3 aromatic rings. The Morgan fingerprint density at radius 3 is 2.62 bits per heavy atom. The van der Waals surface area contributed by atoms with Crippen LogP contribution in [0.3, 0.4) is 0 Å². The third-order valence-corrected chi connectivity index (χ3v) is 6.26. The molecule has 2 aliphatic heterocycles. The SMILES string of the molecule is Cc1ccc(N2CC(C(=O)N3CC(c4nc5ccccc5[nH]4)C3)CC2=O)cc1C. The maximum absolute atomic E-state index is 12.9. The summed E-state index contributed by atoms with van der Waals surface area (Å²) in [5.41, 5.74) is 5.22. The van der Waals surface area contributed by atoms with Crippen molar-refractivity contribution in [2.24, 2.45) is 5.92 Å². The van der Waals surface area contributed by atoms with Crippen LogP contribution in [-0.2, 0) is 9.59 Å². The number of fused-ring (bicyclic) bond motifs is 1. The number of amides is 2. The fraction of sp³-hybridized carbons (Fsp3) is 0.348. The Bertz CT molecular complexity index is 1080. The van der Waals surface area contributed by atoms with E-state index >= 15 is 0 Å². The van der Waals surface area contributed by atoms with Gasteiger partial charge in [0.1, 0.15) is 5.82 Å². The van der Waals surface area contributed by atoms with Gasteiger partial charge in [-0.15, -0.1) is 0 Å². The highest BCUT2D eigenvalue weighted by molar-refractivity contribution is 6.00. The van der Waals surface area contributed by atoms with Crippen molar-refractivity contribution in [3.05, 3.63) is 59.4 Å². The van der Waals surface area contributed by atoms with Crippen molar-refractivity contribution in [1.29, 1.82) is 0 Å². The van der Waals surface area contributed by atoms with Gasteiger partial charge in [-0.1, -0.05) is 18.2 Å². The minimum absolute atomic E-state index is 0.0287. The van der Waals surface area contributed by atoms with E-state index in [1.165, 1.54) is 5.56 Å². The highest BCUT2D eigenvalue weighted by atomic mass is 16.2. The number of carbonyl (C=O) groups is 2. The van der Waals surface area contributed by atoms with Crippen LogP contribution in [0.2, 0.25) is 0 Å². The zero-order valence-corrected chi connectivity index (χ0v) is 16.7. The van der Waals surface area contributed by atoms with Crippen molar-refractivity contribution in [2.75, 3.05) is 24.5 Å². The molecule has 2 aromatic carbocycles. The standard InChI is InChI=1S/C23H24N4O2/c1-14-7-8-18(9-15(14)2)27-13-16(10-21(27)28)23(29)26-11-17(12-26)22-24-19-5-3-4-6-20(19)25-22/h3-9,16-17H,10-13H2,1-2H3,(H,24,25). The molecule has 3 heterocycles. The van der Waals surface area contributed by atoms with Crippen LogP contribution >= 0.6 is 0 Å². The molecule has 2 fully saturated rings. The van der Waals surface area contributed by atoms with Crippen LogP contribution in [-0.4, -0.2) is 46.3 Å². The summed E-state index contributed by atoms with van der Waals surface area (Å²) in [7, 11) is 0. The van der Waals surface area contributed by atoms with Crippen LogP contribution in [0.1, 0.15) is 29.3 Å². The number of aryl methyl sites for hydroxylation is 2. The third-order valence-electron chi connectivity index (χ3n) is 6.26. The van der Waals surface area contributed by atoms with Crippen LogP contribution in [0, 0.1) is 19.8 Å². The lowest BCUT2D eigenvalue weighted by Crippen LogP contribution is -2.51. The van der Waals surface area contributed by atoms with Gasteiger partial charge >= 0.3 is 0 Å². The average Bonchev–Trinajstić information content (AvgIpc) is 3.26. The fourth-order valence-electron chi connectivity index (χ4n) is 4.27. The van der Waals surface area contributed by atoms with Crippen LogP contribution < -0.4 is 4.90 Å². The molecule has 0 saturated carbocycles. The summed E-state index contributed by atoms with van der Waals surface area (Å²) < 4.78 is 0. The highest BCUT2D eigenvalue weighted by Gasteiger charge is 2.41. The molecule has 2 aliphatic rings. The van der Waals surface area contributed by atoms with Gasteiger partial charge in [-0.05, 0) is 49.2 Å². The first-order valence-corrected chi connectivity index (χ1v) is 10.1. The molecule has 2 amide bonds. The predicted octanol–water partition coefficient (Wildman–Crippen LogP) is 3.16. The third kappa shape index (κ3) is 3.09. The summed E-state index contributed by atoms with van der Waals surface area (Å²) in [6.07, 6.45) is 0.289. The molecular formula is C23H24N4O2. The first-order chi connectivity index (χ1) is 14.0. The van der Waals surface area contributed by atoms with E-state index in [0.717, 1.165) is 28.1 Å². The van der Waals surface area contributed by atoms with Crippen molar-refractivity contribution in [1.82, 2.24) is 14.9 Å². The summed E-state index contributed by atoms with van der Waals surface area (Å²) in [6.45, 7) is 5.88. The van der Waals surface area contributed by atoms with E-state index in [2.05, 4.69) is 16.9 Å². The van der Waals surface area contributed by atoms with Gasteiger partial charge in [-0.25, -0.2) is 4.98 Å². The molecule has 1 N–H and O–H groups in total. The Balaban J connectivity index is 1.24. The number of nitrogens with zero attached hydrogens (tertiary/aromatic N) is 3. The summed E-state index contributed by atoms with van der Waals surface area (Å²) >= 11 is 0. The molecule has 0 spiro atoms. The number of carbonyl (C=O) groups excluding carboxylic acids is 2. The zero-order valence-electron chi connectivity index (χ0n) is 16.7. The van der Waals surface area contributed by atoms with Crippen LogP contribution in [0.25, 0.3) is 11.0 Å². The minimum Gasteiger partial charge on any atom is -0.342 e. The van der Waals surface area contributed by atoms with E-state index in [9.17, 15) is 9.59 Å². The molecule has 1 aromatic heterocycles. The molecule has 1 atom stereocenters. The van der Waals surface area contributed by atoms with E-state index in [1.807, 2.05) is 54.3 Å². The molecule has 6 nitrogen and oxygen atoms in total. The molecule has 0 bridgehead atoms. The Kier molecular flexibility index (Phi) is 4.15. The number of H-pyrrole nitrogens is 1. The number of benzene rings is 2. The fourth-order valence-corrected chi connectivity index (χ4v) is 4.27. The summed E-state index contributed by atoms with van der Waals surface area (Å²) in [5.74, 6) is 1.02. The van der Waals surface area contributed by atoms with Crippen molar-refractivity contribution in [2.45, 2.75) is 26.2 Å². The Hall–Kier alpha value is -3.15. The number of hydrogen-bond donors (Lipinski definition) is 1. The van der Waals surface area contributed by atoms with Gasteiger partial charge in [0, 0.05) is 31.7 Å². The van der Waals surface area contributed by atoms with Gasteiger partial charge in [0.2, 0.25) is 11.8 Å². The number of para-hydroxylation sites is 2. The first kappa shape index (κ1) is 17.9. The molecular weight excluding hydrogens is 364 g/mol. The van der Waals surface area contributed by atoms with Gasteiger partial charge in [-0.3, -0.25) is 9.59 Å². The van der Waals surface area contributed by atoms with Crippen LogP contribution in [0.15, 0.2) is 42.5 Å². The molecule has 0 aliphatic carbocycles. The largest absolute Gasteiger partial charge is 0.342 e. The van der Waals surface area contributed by atoms with Crippen molar-refractivity contribution >= 4 is 28.5 Å². The molecule has 29 heavy (non-hydrogen) atoms. The second-order valence-electron chi connectivity index (χ2n) is 8.25. The monoisotopic (exact) mass is 388 g/mol. The number of anilines is 1.